The third-order valence-electron chi connectivity index (χ3n) is 2.64. The molecule has 0 aliphatic heterocycles. The molecule has 1 aromatic carbocycles. The van der Waals surface area contributed by atoms with E-state index in [1.807, 2.05) is 24.3 Å². The number of nitrogens with one attached hydrogen (secondary N) is 1. The molecule has 0 bridgehead atoms. The molecule has 0 aliphatic carbocycles. The summed E-state index contributed by atoms with van der Waals surface area (Å²) >= 11 is 0. The fourth-order valence-corrected chi connectivity index (χ4v) is 1.72. The van der Waals surface area contributed by atoms with Crippen molar-refractivity contribution in [3.05, 3.63) is 36.1 Å². The number of nitrogens with two attached hydrogens (primary N) is 1. The van der Waals surface area contributed by atoms with E-state index in [1.165, 1.54) is 6.26 Å². The van der Waals surface area contributed by atoms with E-state index in [-0.39, 0.29) is 5.91 Å². The van der Waals surface area contributed by atoms with Gasteiger partial charge in [-0.15, -0.1) is 0 Å². The van der Waals surface area contributed by atoms with Gasteiger partial charge in [-0.1, -0.05) is 18.2 Å². The van der Waals surface area contributed by atoms with Crippen LogP contribution in [0.4, 0.5) is 0 Å². The molecule has 0 saturated carbocycles. The van der Waals surface area contributed by atoms with Crippen LogP contribution in [0.2, 0.25) is 0 Å². The number of fused-ring (bicyclic) bond motifs is 1. The van der Waals surface area contributed by atoms with Crippen LogP contribution in [0.1, 0.15) is 23.2 Å². The van der Waals surface area contributed by atoms with E-state index in [2.05, 4.69) is 5.32 Å². The molecule has 1 aromatic heterocycles. The van der Waals surface area contributed by atoms with Crippen molar-refractivity contribution in [1.29, 1.82) is 0 Å². The Bertz CT molecular complexity index is 505. The van der Waals surface area contributed by atoms with Gasteiger partial charge in [-0.3, -0.25) is 4.79 Å². The molecular weight excluding hydrogens is 216 g/mol. The summed E-state index contributed by atoms with van der Waals surface area (Å²) in [6.45, 7) is 1.31. The number of benzene rings is 1. The second kappa shape index (κ2) is 5.50. The highest BCUT2D eigenvalue weighted by Crippen LogP contribution is 2.20. The van der Waals surface area contributed by atoms with Crippen LogP contribution in [0.3, 0.4) is 0 Å². The van der Waals surface area contributed by atoms with Crippen molar-refractivity contribution in [3.8, 4) is 0 Å². The van der Waals surface area contributed by atoms with Gasteiger partial charge in [0.15, 0.2) is 0 Å². The molecule has 0 fully saturated rings. The summed E-state index contributed by atoms with van der Waals surface area (Å²) in [5.41, 5.74) is 6.71. The maximum Gasteiger partial charge on any atom is 0.255 e. The Morgan fingerprint density at radius 1 is 1.29 bits per heavy atom. The fourth-order valence-electron chi connectivity index (χ4n) is 1.72. The second-order valence-electron chi connectivity index (χ2n) is 3.90. The number of rotatable bonds is 5. The van der Waals surface area contributed by atoms with Gasteiger partial charge in [0.05, 0.1) is 5.56 Å². The summed E-state index contributed by atoms with van der Waals surface area (Å²) in [6, 6.07) is 7.51. The van der Waals surface area contributed by atoms with E-state index in [0.29, 0.717) is 18.7 Å². The lowest BCUT2D eigenvalue weighted by atomic mass is 10.1. The first-order chi connectivity index (χ1) is 8.33. The first-order valence-electron chi connectivity index (χ1n) is 5.77. The number of carbonyl (C=O) groups excluding carboxylic acids is 1. The lowest BCUT2D eigenvalue weighted by Gasteiger charge is -2.02. The van der Waals surface area contributed by atoms with E-state index >= 15 is 0 Å². The molecule has 4 nitrogen and oxygen atoms in total. The zero-order chi connectivity index (χ0) is 12.1. The second-order valence-corrected chi connectivity index (χ2v) is 3.90. The minimum atomic E-state index is -0.0908. The third-order valence-corrected chi connectivity index (χ3v) is 2.64. The highest BCUT2D eigenvalue weighted by molar-refractivity contribution is 6.05. The molecule has 1 amide bonds. The lowest BCUT2D eigenvalue weighted by molar-refractivity contribution is 0.0954. The maximum absolute atomic E-state index is 11.9. The number of para-hydroxylation sites is 1. The minimum absolute atomic E-state index is 0.0908. The van der Waals surface area contributed by atoms with Crippen LogP contribution in [0.25, 0.3) is 11.0 Å². The van der Waals surface area contributed by atoms with Crippen LogP contribution in [0.15, 0.2) is 34.9 Å². The minimum Gasteiger partial charge on any atom is -0.463 e. The molecule has 17 heavy (non-hydrogen) atoms. The molecule has 0 atom stereocenters. The smallest absolute Gasteiger partial charge is 0.255 e. The van der Waals surface area contributed by atoms with E-state index in [1.54, 1.807) is 0 Å². The van der Waals surface area contributed by atoms with Crippen molar-refractivity contribution >= 4 is 16.9 Å². The summed E-state index contributed by atoms with van der Waals surface area (Å²) < 4.78 is 5.32. The summed E-state index contributed by atoms with van der Waals surface area (Å²) in [5, 5.41) is 3.71. The molecular formula is C13H16N2O2. The van der Waals surface area contributed by atoms with Crippen LogP contribution in [0, 0.1) is 0 Å². The Labute approximate surface area is 99.8 Å². The number of carbonyl (C=O) groups is 1. The topological polar surface area (TPSA) is 68.3 Å². The standard InChI is InChI=1S/C13H16N2O2/c14-7-3-4-8-15-13(16)11-9-17-12-6-2-1-5-10(11)12/h1-2,5-6,9H,3-4,7-8,14H2,(H,15,16). The zero-order valence-corrected chi connectivity index (χ0v) is 9.61. The number of amides is 1. The Morgan fingerprint density at radius 2 is 2.12 bits per heavy atom. The Kier molecular flexibility index (Phi) is 3.77. The van der Waals surface area contributed by atoms with Crippen LogP contribution >= 0.6 is 0 Å². The van der Waals surface area contributed by atoms with Crippen LogP contribution in [-0.2, 0) is 0 Å². The van der Waals surface area contributed by atoms with Crippen molar-refractivity contribution in [2.45, 2.75) is 12.8 Å². The number of unbranched alkanes of at least 4 members (excludes halogenated alkanes) is 1. The molecule has 0 aliphatic rings. The predicted octanol–water partition coefficient (Wildman–Crippen LogP) is 1.90. The van der Waals surface area contributed by atoms with Gasteiger partial charge >= 0.3 is 0 Å². The average molecular weight is 232 g/mol. The van der Waals surface area contributed by atoms with E-state index < -0.39 is 0 Å². The summed E-state index contributed by atoms with van der Waals surface area (Å²) in [4.78, 5) is 11.9. The van der Waals surface area contributed by atoms with Gasteiger partial charge in [0.25, 0.3) is 5.91 Å². The van der Waals surface area contributed by atoms with Crippen molar-refractivity contribution in [2.75, 3.05) is 13.1 Å². The van der Waals surface area contributed by atoms with E-state index in [0.717, 1.165) is 23.8 Å². The monoisotopic (exact) mass is 232 g/mol. The van der Waals surface area contributed by atoms with Gasteiger partial charge in [-0.25, -0.2) is 0 Å². The highest BCUT2D eigenvalue weighted by atomic mass is 16.3. The Balaban J connectivity index is 2.04. The zero-order valence-electron chi connectivity index (χ0n) is 9.61. The predicted molar refractivity (Wildman–Crippen MR) is 66.8 cm³/mol. The number of furan rings is 1. The van der Waals surface area contributed by atoms with Gasteiger partial charge in [0, 0.05) is 11.9 Å². The van der Waals surface area contributed by atoms with Crippen molar-refractivity contribution < 1.29 is 9.21 Å². The molecule has 90 valence electrons. The van der Waals surface area contributed by atoms with Gasteiger partial charge in [0.2, 0.25) is 0 Å². The molecule has 3 N–H and O–H groups in total. The van der Waals surface area contributed by atoms with Gasteiger partial charge < -0.3 is 15.5 Å². The van der Waals surface area contributed by atoms with Crippen LogP contribution < -0.4 is 11.1 Å². The molecule has 0 saturated heterocycles. The molecule has 2 aromatic rings. The van der Waals surface area contributed by atoms with Gasteiger partial charge in [0.1, 0.15) is 11.8 Å². The summed E-state index contributed by atoms with van der Waals surface area (Å²) in [6.07, 6.45) is 3.33. The molecule has 4 heteroatoms. The van der Waals surface area contributed by atoms with Gasteiger partial charge in [-0.2, -0.15) is 0 Å². The molecule has 0 unspecified atom stereocenters. The van der Waals surface area contributed by atoms with Crippen molar-refractivity contribution in [3.63, 3.8) is 0 Å². The maximum atomic E-state index is 11.9. The Hall–Kier alpha value is -1.81. The van der Waals surface area contributed by atoms with Gasteiger partial charge in [-0.05, 0) is 25.5 Å². The lowest BCUT2D eigenvalue weighted by Crippen LogP contribution is -2.24. The molecule has 0 spiro atoms. The number of hydrogen-bond acceptors (Lipinski definition) is 3. The fraction of sp³-hybridized carbons (Fsp3) is 0.308. The molecule has 2 rings (SSSR count). The van der Waals surface area contributed by atoms with E-state index in [9.17, 15) is 4.79 Å². The van der Waals surface area contributed by atoms with Crippen LogP contribution in [0.5, 0.6) is 0 Å². The first kappa shape index (κ1) is 11.7. The van der Waals surface area contributed by atoms with Crippen molar-refractivity contribution in [2.24, 2.45) is 5.73 Å². The summed E-state index contributed by atoms with van der Waals surface area (Å²) in [5.74, 6) is -0.0908. The Morgan fingerprint density at radius 3 is 2.94 bits per heavy atom. The highest BCUT2D eigenvalue weighted by Gasteiger charge is 2.12. The third kappa shape index (κ3) is 2.65. The first-order valence-corrected chi connectivity index (χ1v) is 5.77. The number of hydrogen-bond donors (Lipinski definition) is 2. The average Bonchev–Trinajstić information content (AvgIpc) is 2.78. The normalized spacial score (nSPS) is 10.6. The van der Waals surface area contributed by atoms with Crippen LogP contribution in [-0.4, -0.2) is 19.0 Å². The SMILES string of the molecule is NCCCCNC(=O)c1coc2ccccc12. The molecule has 0 radical (unpaired) electrons. The quantitative estimate of drug-likeness (QED) is 0.774. The van der Waals surface area contributed by atoms with E-state index in [4.69, 9.17) is 10.2 Å². The van der Waals surface area contributed by atoms with Crippen molar-refractivity contribution in [1.82, 2.24) is 5.32 Å². The summed E-state index contributed by atoms with van der Waals surface area (Å²) in [7, 11) is 0. The molecule has 1 heterocycles. The largest absolute Gasteiger partial charge is 0.463 e.